The van der Waals surface area contributed by atoms with Crippen LogP contribution in [0.15, 0.2) is 54.4 Å². The van der Waals surface area contributed by atoms with Crippen molar-refractivity contribution in [1.82, 2.24) is 19.6 Å². The van der Waals surface area contributed by atoms with E-state index in [4.69, 9.17) is 9.47 Å². The maximum atomic E-state index is 15.0. The highest BCUT2D eigenvalue weighted by atomic mass is 19.1. The molecular weight excluding hydrogens is 636 g/mol. The predicted molar refractivity (Wildman–Crippen MR) is 180 cm³/mol. The van der Waals surface area contributed by atoms with Crippen molar-refractivity contribution >= 4 is 29.7 Å². The van der Waals surface area contributed by atoms with Gasteiger partial charge in [-0.2, -0.15) is 5.10 Å². The molecule has 5 rings (SSSR count). The minimum absolute atomic E-state index is 0.00520. The van der Waals surface area contributed by atoms with Crippen molar-refractivity contribution in [3.05, 3.63) is 65.8 Å². The van der Waals surface area contributed by atoms with Gasteiger partial charge in [0.05, 0.1) is 19.1 Å². The number of piperazine rings is 1. The first-order valence-electron chi connectivity index (χ1n) is 17.1. The summed E-state index contributed by atoms with van der Waals surface area (Å²) in [4.78, 5) is 43.7. The second kappa shape index (κ2) is 16.4. The fourth-order valence-electron chi connectivity index (χ4n) is 6.58. The molecular formula is C36H47F2N5O6. The van der Waals surface area contributed by atoms with Crippen LogP contribution in [0.5, 0.6) is 0 Å². The third-order valence-corrected chi connectivity index (χ3v) is 9.49. The number of amides is 2. The molecule has 0 unspecified atom stereocenters. The lowest BCUT2D eigenvalue weighted by atomic mass is 9.91. The number of aliphatic hydroxyl groups is 1. The molecule has 1 N–H and O–H groups in total. The Labute approximate surface area is 286 Å². The van der Waals surface area contributed by atoms with Gasteiger partial charge in [0.2, 0.25) is 5.91 Å². The average Bonchev–Trinajstić information content (AvgIpc) is 3.75. The van der Waals surface area contributed by atoms with Gasteiger partial charge >= 0.3 is 12.1 Å². The van der Waals surface area contributed by atoms with E-state index in [-0.39, 0.29) is 43.7 Å². The summed E-state index contributed by atoms with van der Waals surface area (Å²) in [5.41, 5.74) is 1.93. The molecule has 0 spiro atoms. The SMILES string of the molecule is C/C(=C\c1cc(F)cc(N2CCN(C(=O)Cn3cccn3)CC2)c1)[C@H]1OC(=O)C[C@H](O)CC[C@H](C)[C@@H](OC(=O)N2CC[C@@H](F)C2)/C=C/[C@@H]1C. The normalized spacial score (nSPS) is 28.0. The Morgan fingerprint density at radius 1 is 1.06 bits per heavy atom. The van der Waals surface area contributed by atoms with E-state index in [1.54, 1.807) is 47.1 Å². The van der Waals surface area contributed by atoms with Crippen LogP contribution in [-0.4, -0.2) is 106 Å². The maximum Gasteiger partial charge on any atom is 0.410 e. The lowest BCUT2D eigenvalue weighted by molar-refractivity contribution is -0.151. The Morgan fingerprint density at radius 3 is 2.53 bits per heavy atom. The van der Waals surface area contributed by atoms with E-state index in [0.29, 0.717) is 62.4 Å². The number of carbonyl (C=O) groups is 3. The van der Waals surface area contributed by atoms with Gasteiger partial charge in [0, 0.05) is 56.7 Å². The van der Waals surface area contributed by atoms with Crippen LogP contribution in [0.1, 0.15) is 52.0 Å². The first kappa shape index (κ1) is 36.0. The van der Waals surface area contributed by atoms with Crippen LogP contribution in [0.25, 0.3) is 6.08 Å². The molecule has 1 aromatic heterocycles. The molecule has 3 aliphatic heterocycles. The number of likely N-dealkylation sites (tertiary alicyclic amines) is 1. The Kier molecular flexibility index (Phi) is 12.1. The summed E-state index contributed by atoms with van der Waals surface area (Å²) in [6.07, 6.45) is 5.71. The van der Waals surface area contributed by atoms with Crippen LogP contribution in [-0.2, 0) is 25.6 Å². The number of ether oxygens (including phenoxy) is 2. The Hall–Kier alpha value is -4.26. The molecule has 11 nitrogen and oxygen atoms in total. The van der Waals surface area contributed by atoms with Crippen molar-refractivity contribution in [3.63, 3.8) is 0 Å². The van der Waals surface area contributed by atoms with Gasteiger partial charge in [0.15, 0.2) is 0 Å². The fraction of sp³-hybridized carbons (Fsp3) is 0.556. The number of carbonyl (C=O) groups excluding carboxylic acids is 3. The number of benzene rings is 1. The Bertz CT molecular complexity index is 1510. The van der Waals surface area contributed by atoms with E-state index in [0.717, 1.165) is 0 Å². The zero-order valence-corrected chi connectivity index (χ0v) is 28.4. The average molecular weight is 684 g/mol. The lowest BCUT2D eigenvalue weighted by Crippen LogP contribution is -2.49. The molecule has 1 aromatic carbocycles. The van der Waals surface area contributed by atoms with Crippen molar-refractivity contribution in [2.24, 2.45) is 11.8 Å². The van der Waals surface area contributed by atoms with Crippen LogP contribution in [0.2, 0.25) is 0 Å². The zero-order chi connectivity index (χ0) is 35.1. The molecule has 266 valence electrons. The van der Waals surface area contributed by atoms with E-state index in [2.05, 4.69) is 5.10 Å². The highest BCUT2D eigenvalue weighted by molar-refractivity contribution is 5.76. The van der Waals surface area contributed by atoms with E-state index in [1.165, 1.54) is 17.0 Å². The van der Waals surface area contributed by atoms with Crippen molar-refractivity contribution in [1.29, 1.82) is 0 Å². The maximum absolute atomic E-state index is 15.0. The minimum Gasteiger partial charge on any atom is -0.457 e. The summed E-state index contributed by atoms with van der Waals surface area (Å²) in [7, 11) is 0. The third kappa shape index (κ3) is 9.90. The topological polar surface area (TPSA) is 117 Å². The van der Waals surface area contributed by atoms with Crippen LogP contribution in [0.3, 0.4) is 0 Å². The molecule has 4 heterocycles. The van der Waals surface area contributed by atoms with Gasteiger partial charge in [0.1, 0.15) is 30.7 Å². The first-order valence-corrected chi connectivity index (χ1v) is 17.1. The van der Waals surface area contributed by atoms with Gasteiger partial charge in [-0.3, -0.25) is 14.3 Å². The van der Waals surface area contributed by atoms with Crippen LogP contribution in [0.4, 0.5) is 19.3 Å². The summed E-state index contributed by atoms with van der Waals surface area (Å²) in [6.45, 7) is 8.14. The standard InChI is InChI=1S/C36H47F2N5O6/c1-24-5-7-31(44)21-34(46)49-35(25(2)6-8-32(24)48-36(47)42-12-9-28(37)22-42)26(3)17-27-18-29(38)20-30(19-27)40-13-15-41(16-14-40)33(45)23-43-11-4-10-39-43/h4,6,8,10-11,17-20,24-25,28,31-32,35,44H,5,7,9,12-16,21-23H2,1-3H3/b8-6+,26-17+/t24-,25-,28+,31+,32-,35-/m0/s1. The van der Waals surface area contributed by atoms with Crippen molar-refractivity contribution in [2.75, 3.05) is 44.2 Å². The molecule has 0 bridgehead atoms. The predicted octanol–water partition coefficient (Wildman–Crippen LogP) is 4.61. The fourth-order valence-corrected chi connectivity index (χ4v) is 6.58. The number of rotatable bonds is 6. The van der Waals surface area contributed by atoms with Crippen molar-refractivity contribution in [2.45, 2.75) is 77.5 Å². The summed E-state index contributed by atoms with van der Waals surface area (Å²) >= 11 is 0. The molecule has 0 aliphatic carbocycles. The van der Waals surface area contributed by atoms with Gasteiger partial charge in [-0.05, 0) is 73.6 Å². The molecule has 2 aromatic rings. The Morgan fingerprint density at radius 2 is 1.84 bits per heavy atom. The van der Waals surface area contributed by atoms with Gasteiger partial charge in [0.25, 0.3) is 0 Å². The number of esters is 1. The number of nitrogens with zero attached hydrogens (tertiary/aromatic N) is 5. The highest BCUT2D eigenvalue weighted by Crippen LogP contribution is 2.28. The number of halogens is 2. The van der Waals surface area contributed by atoms with Crippen molar-refractivity contribution < 1.29 is 37.7 Å². The summed E-state index contributed by atoms with van der Waals surface area (Å²) < 4.78 is 42.0. The van der Waals surface area contributed by atoms with Crippen molar-refractivity contribution in [3.8, 4) is 0 Å². The molecule has 6 atom stereocenters. The number of hydrogen-bond acceptors (Lipinski definition) is 8. The van der Waals surface area contributed by atoms with Gasteiger partial charge in [-0.15, -0.1) is 0 Å². The molecule has 0 saturated carbocycles. The monoisotopic (exact) mass is 683 g/mol. The molecule has 2 amide bonds. The van der Waals surface area contributed by atoms with E-state index in [1.807, 2.05) is 30.9 Å². The number of hydrogen-bond donors (Lipinski definition) is 1. The van der Waals surface area contributed by atoms with Crippen LogP contribution < -0.4 is 4.90 Å². The van der Waals surface area contributed by atoms with Gasteiger partial charge in [-0.25, -0.2) is 13.6 Å². The first-order chi connectivity index (χ1) is 23.4. The number of anilines is 1. The van der Waals surface area contributed by atoms with Crippen LogP contribution >= 0.6 is 0 Å². The molecule has 2 fully saturated rings. The molecule has 2 saturated heterocycles. The largest absolute Gasteiger partial charge is 0.457 e. The number of aromatic nitrogens is 2. The number of cyclic esters (lactones) is 1. The second-order valence-electron chi connectivity index (χ2n) is 13.4. The highest BCUT2D eigenvalue weighted by Gasteiger charge is 2.31. The van der Waals surface area contributed by atoms with E-state index >= 15 is 0 Å². The molecule has 3 aliphatic rings. The smallest absolute Gasteiger partial charge is 0.410 e. The Balaban J connectivity index is 1.30. The molecule has 13 heteroatoms. The second-order valence-corrected chi connectivity index (χ2v) is 13.4. The van der Waals surface area contributed by atoms with Gasteiger partial charge in [-0.1, -0.05) is 26.0 Å². The minimum atomic E-state index is -1.06. The summed E-state index contributed by atoms with van der Waals surface area (Å²) in [6, 6.07) is 6.52. The zero-order valence-electron chi connectivity index (χ0n) is 28.4. The van der Waals surface area contributed by atoms with E-state index < -0.39 is 42.4 Å². The van der Waals surface area contributed by atoms with E-state index in [9.17, 15) is 28.3 Å². The quantitative estimate of drug-likeness (QED) is 0.347. The van der Waals surface area contributed by atoms with Crippen LogP contribution in [0, 0.1) is 17.7 Å². The summed E-state index contributed by atoms with van der Waals surface area (Å²) in [5, 5.41) is 14.7. The molecule has 49 heavy (non-hydrogen) atoms. The summed E-state index contributed by atoms with van der Waals surface area (Å²) in [5.74, 6) is -1.52. The molecule has 0 radical (unpaired) electrons. The third-order valence-electron chi connectivity index (χ3n) is 9.49. The lowest BCUT2D eigenvalue weighted by Gasteiger charge is -2.36. The number of alkyl halides is 1. The number of aliphatic hydroxyl groups excluding tert-OH is 1. The van der Waals surface area contributed by atoms with Gasteiger partial charge < -0.3 is 29.3 Å².